The van der Waals surface area contributed by atoms with Crippen LogP contribution in [0.3, 0.4) is 0 Å². The molecule has 1 amide bonds. The van der Waals surface area contributed by atoms with Crippen LogP contribution in [-0.4, -0.2) is 67.2 Å². The monoisotopic (exact) mass is 475 g/mol. The molecule has 1 aliphatic carbocycles. The molecule has 10 heteroatoms. The molecule has 0 spiro atoms. The molecule has 4 rings (SSSR count). The van der Waals surface area contributed by atoms with Crippen LogP contribution in [-0.2, 0) is 16.6 Å². The highest BCUT2D eigenvalue weighted by Crippen LogP contribution is 2.30. The van der Waals surface area contributed by atoms with Gasteiger partial charge in [0.2, 0.25) is 5.03 Å². The van der Waals surface area contributed by atoms with E-state index in [0.29, 0.717) is 39.3 Å². The SMILES string of the molecule is CCOc1ccccc1N1CCN(S(=O)(=O)c2nn(CC)cc2C(=O)NC2CCCC2)CC1. The van der Waals surface area contributed by atoms with Gasteiger partial charge in [-0.25, -0.2) is 8.42 Å². The number of carbonyl (C=O) groups excluding carboxylic acids is 1. The molecule has 0 atom stereocenters. The Kier molecular flexibility index (Phi) is 7.23. The first kappa shape index (κ1) is 23.6. The number of amides is 1. The van der Waals surface area contributed by atoms with E-state index in [1.54, 1.807) is 6.20 Å². The predicted octanol–water partition coefficient (Wildman–Crippen LogP) is 2.49. The van der Waals surface area contributed by atoms with Crippen molar-refractivity contribution in [3.63, 3.8) is 0 Å². The van der Waals surface area contributed by atoms with Crippen molar-refractivity contribution < 1.29 is 17.9 Å². The van der Waals surface area contributed by atoms with Gasteiger partial charge < -0.3 is 15.0 Å². The maximum atomic E-state index is 13.5. The standard InChI is InChI=1S/C23H33N5O4S/c1-3-27-17-19(22(29)24-18-9-5-6-10-18)23(25-27)33(30,31)28-15-13-26(14-16-28)20-11-7-8-12-21(20)32-4-2/h7-8,11-12,17-18H,3-6,9-10,13-16H2,1-2H3,(H,24,29). The topological polar surface area (TPSA) is 96.8 Å². The lowest BCUT2D eigenvalue weighted by Gasteiger charge is -2.35. The highest BCUT2D eigenvalue weighted by atomic mass is 32.2. The fourth-order valence-electron chi connectivity index (χ4n) is 4.53. The number of sulfonamides is 1. The van der Waals surface area contributed by atoms with Crippen LogP contribution >= 0.6 is 0 Å². The van der Waals surface area contributed by atoms with Crippen molar-refractivity contribution in [2.45, 2.75) is 57.1 Å². The minimum Gasteiger partial charge on any atom is -0.492 e. The number of anilines is 1. The van der Waals surface area contributed by atoms with Crippen LogP contribution < -0.4 is 15.0 Å². The number of nitrogens with zero attached hydrogens (tertiary/aromatic N) is 4. The zero-order valence-corrected chi connectivity index (χ0v) is 20.2. The fourth-order valence-corrected chi connectivity index (χ4v) is 6.05. The van der Waals surface area contributed by atoms with E-state index in [0.717, 1.165) is 37.1 Å². The Morgan fingerprint density at radius 1 is 1.12 bits per heavy atom. The number of nitrogens with one attached hydrogen (secondary N) is 1. The fraction of sp³-hybridized carbons (Fsp3) is 0.565. The van der Waals surface area contributed by atoms with E-state index in [4.69, 9.17) is 4.74 Å². The van der Waals surface area contributed by atoms with Gasteiger partial charge in [0.1, 0.15) is 5.75 Å². The Labute approximate surface area is 195 Å². The van der Waals surface area contributed by atoms with Gasteiger partial charge >= 0.3 is 0 Å². The molecule has 33 heavy (non-hydrogen) atoms. The lowest BCUT2D eigenvalue weighted by atomic mass is 10.2. The van der Waals surface area contributed by atoms with Crippen molar-refractivity contribution in [1.29, 1.82) is 0 Å². The molecule has 1 aromatic heterocycles. The molecule has 1 N–H and O–H groups in total. The molecule has 2 fully saturated rings. The van der Waals surface area contributed by atoms with E-state index >= 15 is 0 Å². The summed E-state index contributed by atoms with van der Waals surface area (Å²) in [5, 5.41) is 7.13. The Morgan fingerprint density at radius 3 is 2.48 bits per heavy atom. The number of aryl methyl sites for hydroxylation is 1. The maximum absolute atomic E-state index is 13.5. The zero-order valence-electron chi connectivity index (χ0n) is 19.4. The summed E-state index contributed by atoms with van der Waals surface area (Å²) in [5.74, 6) is 0.438. The molecule has 0 unspecified atom stereocenters. The molecule has 9 nitrogen and oxygen atoms in total. The number of ether oxygens (including phenoxy) is 1. The maximum Gasteiger partial charge on any atom is 0.263 e. The average molecular weight is 476 g/mol. The Balaban J connectivity index is 1.51. The Morgan fingerprint density at radius 2 is 1.82 bits per heavy atom. The number of carbonyl (C=O) groups is 1. The van der Waals surface area contributed by atoms with E-state index in [-0.39, 0.29) is 22.5 Å². The first-order chi connectivity index (χ1) is 15.9. The second-order valence-electron chi connectivity index (χ2n) is 8.45. The molecule has 1 saturated carbocycles. The normalized spacial score (nSPS) is 17.9. The smallest absolute Gasteiger partial charge is 0.263 e. The molecule has 180 valence electrons. The highest BCUT2D eigenvalue weighted by molar-refractivity contribution is 7.89. The summed E-state index contributed by atoms with van der Waals surface area (Å²) in [5.41, 5.74) is 1.09. The van der Waals surface area contributed by atoms with Gasteiger partial charge in [-0.2, -0.15) is 9.40 Å². The van der Waals surface area contributed by atoms with Gasteiger partial charge in [0.15, 0.2) is 0 Å². The van der Waals surface area contributed by atoms with Crippen LogP contribution in [0.1, 0.15) is 49.9 Å². The van der Waals surface area contributed by atoms with Crippen LogP contribution in [0.25, 0.3) is 0 Å². The van der Waals surface area contributed by atoms with Crippen molar-refractivity contribution >= 4 is 21.6 Å². The van der Waals surface area contributed by atoms with Crippen molar-refractivity contribution in [2.75, 3.05) is 37.7 Å². The molecule has 0 bridgehead atoms. The quantitative estimate of drug-likeness (QED) is 0.630. The van der Waals surface area contributed by atoms with E-state index in [1.165, 1.54) is 8.99 Å². The number of hydrogen-bond acceptors (Lipinski definition) is 6. The summed E-state index contributed by atoms with van der Waals surface area (Å²) in [4.78, 5) is 15.1. The summed E-state index contributed by atoms with van der Waals surface area (Å²) in [6, 6.07) is 7.90. The molecule has 2 aliphatic rings. The van der Waals surface area contributed by atoms with Crippen molar-refractivity contribution in [2.24, 2.45) is 0 Å². The summed E-state index contributed by atoms with van der Waals surface area (Å²) in [6.45, 7) is 6.55. The molecule has 2 aromatic rings. The lowest BCUT2D eigenvalue weighted by Crippen LogP contribution is -2.49. The minimum absolute atomic E-state index is 0.104. The van der Waals surface area contributed by atoms with Crippen LogP contribution in [0.15, 0.2) is 35.5 Å². The Bertz CT molecular complexity index is 1070. The Hall–Kier alpha value is -2.59. The number of rotatable bonds is 8. The summed E-state index contributed by atoms with van der Waals surface area (Å²) < 4.78 is 35.7. The van der Waals surface area contributed by atoms with Crippen LogP contribution in [0, 0.1) is 0 Å². The third-order valence-electron chi connectivity index (χ3n) is 6.32. The number of hydrogen-bond donors (Lipinski definition) is 1. The van der Waals surface area contributed by atoms with Crippen molar-refractivity contribution in [1.82, 2.24) is 19.4 Å². The van der Waals surface area contributed by atoms with Gasteiger partial charge in [-0.3, -0.25) is 9.48 Å². The minimum atomic E-state index is -3.90. The number of piperazine rings is 1. The van der Waals surface area contributed by atoms with E-state index in [1.807, 2.05) is 38.1 Å². The molecule has 1 saturated heterocycles. The van der Waals surface area contributed by atoms with Gasteiger partial charge in [0.25, 0.3) is 15.9 Å². The lowest BCUT2D eigenvalue weighted by molar-refractivity contribution is 0.0934. The van der Waals surface area contributed by atoms with Crippen LogP contribution in [0.4, 0.5) is 5.69 Å². The number of benzene rings is 1. The third kappa shape index (κ3) is 5.01. The van der Waals surface area contributed by atoms with Gasteiger partial charge in [0.05, 0.1) is 17.9 Å². The molecular formula is C23H33N5O4S. The van der Waals surface area contributed by atoms with Crippen LogP contribution in [0.2, 0.25) is 0 Å². The molecule has 1 aliphatic heterocycles. The van der Waals surface area contributed by atoms with E-state index in [2.05, 4.69) is 15.3 Å². The van der Waals surface area contributed by atoms with Gasteiger partial charge in [-0.15, -0.1) is 0 Å². The van der Waals surface area contributed by atoms with Crippen molar-refractivity contribution in [3.05, 3.63) is 36.0 Å². The second-order valence-corrected chi connectivity index (χ2v) is 10.3. The zero-order chi connectivity index (χ0) is 23.4. The molecule has 0 radical (unpaired) electrons. The summed E-state index contributed by atoms with van der Waals surface area (Å²) in [7, 11) is -3.90. The van der Waals surface area contributed by atoms with Crippen molar-refractivity contribution in [3.8, 4) is 5.75 Å². The first-order valence-electron chi connectivity index (χ1n) is 11.8. The number of para-hydroxylation sites is 2. The average Bonchev–Trinajstić information content (AvgIpc) is 3.50. The van der Waals surface area contributed by atoms with E-state index in [9.17, 15) is 13.2 Å². The molecular weight excluding hydrogens is 442 g/mol. The largest absolute Gasteiger partial charge is 0.492 e. The highest BCUT2D eigenvalue weighted by Gasteiger charge is 2.35. The molecule has 1 aromatic carbocycles. The summed E-state index contributed by atoms with van der Waals surface area (Å²) >= 11 is 0. The third-order valence-corrected chi connectivity index (χ3v) is 8.15. The van der Waals surface area contributed by atoms with Gasteiger partial charge in [-0.05, 0) is 38.8 Å². The predicted molar refractivity (Wildman–Crippen MR) is 126 cm³/mol. The molecule has 2 heterocycles. The van der Waals surface area contributed by atoms with Crippen LogP contribution in [0.5, 0.6) is 5.75 Å². The summed E-state index contributed by atoms with van der Waals surface area (Å²) in [6.07, 6.45) is 5.58. The van der Waals surface area contributed by atoms with E-state index < -0.39 is 10.0 Å². The second kappa shape index (κ2) is 10.1. The van der Waals surface area contributed by atoms with Gasteiger partial charge in [-0.1, -0.05) is 25.0 Å². The van der Waals surface area contributed by atoms with Gasteiger partial charge in [0, 0.05) is 45.0 Å². The number of aromatic nitrogens is 2. The first-order valence-corrected chi connectivity index (χ1v) is 13.2.